The van der Waals surface area contributed by atoms with Gasteiger partial charge in [0.15, 0.2) is 5.58 Å². The van der Waals surface area contributed by atoms with Crippen molar-refractivity contribution in [3.63, 3.8) is 0 Å². The van der Waals surface area contributed by atoms with Gasteiger partial charge in [-0.2, -0.15) is 0 Å². The van der Waals surface area contributed by atoms with Gasteiger partial charge in [0.05, 0.1) is 7.11 Å². The Balaban J connectivity index is 2.02. The number of benzene rings is 3. The molecule has 1 heterocycles. The zero-order valence-electron chi connectivity index (χ0n) is 11.5. The summed E-state index contributed by atoms with van der Waals surface area (Å²) >= 11 is 0. The van der Waals surface area contributed by atoms with Gasteiger partial charge < -0.3 is 9.15 Å². The lowest BCUT2D eigenvalue weighted by atomic mass is 10.0. The third kappa shape index (κ3) is 1.86. The van der Waals surface area contributed by atoms with Gasteiger partial charge in [0.25, 0.3) is 0 Å². The summed E-state index contributed by atoms with van der Waals surface area (Å²) in [5, 5.41) is 2.13. The van der Waals surface area contributed by atoms with Crippen LogP contribution in [0, 0.1) is 0 Å². The standard InChI is InChI=1S/C18H13NO2/c1-20-16-11-10-14(12-6-2-3-7-13(12)16)18-19-15-8-4-5-9-17(15)21-18/h2-11H,1H3. The molecular formula is C18H13NO2. The Bertz CT molecular complexity index is 907. The van der Waals surface area contributed by atoms with Crippen LogP contribution in [0.1, 0.15) is 0 Å². The van der Waals surface area contributed by atoms with E-state index >= 15 is 0 Å². The molecule has 0 aliphatic carbocycles. The number of hydrogen-bond donors (Lipinski definition) is 0. The number of ether oxygens (including phenoxy) is 1. The van der Waals surface area contributed by atoms with Crippen LogP contribution in [-0.4, -0.2) is 12.1 Å². The SMILES string of the molecule is COc1ccc(-c2nc3ccccc3o2)c2ccccc12. The fourth-order valence-electron chi connectivity index (χ4n) is 2.62. The van der Waals surface area contributed by atoms with Gasteiger partial charge >= 0.3 is 0 Å². The van der Waals surface area contributed by atoms with E-state index in [1.54, 1.807) is 7.11 Å². The Morgan fingerprint density at radius 1 is 0.857 bits per heavy atom. The summed E-state index contributed by atoms with van der Waals surface area (Å²) < 4.78 is 11.3. The predicted molar refractivity (Wildman–Crippen MR) is 83.5 cm³/mol. The first kappa shape index (κ1) is 12.0. The Morgan fingerprint density at radius 2 is 1.62 bits per heavy atom. The maximum Gasteiger partial charge on any atom is 0.227 e. The molecule has 0 radical (unpaired) electrons. The van der Waals surface area contributed by atoms with E-state index in [9.17, 15) is 0 Å². The lowest BCUT2D eigenvalue weighted by Crippen LogP contribution is -1.87. The summed E-state index contributed by atoms with van der Waals surface area (Å²) in [5.74, 6) is 1.49. The second-order valence-electron chi connectivity index (χ2n) is 4.85. The normalized spacial score (nSPS) is 11.1. The number of aromatic nitrogens is 1. The van der Waals surface area contributed by atoms with Gasteiger partial charge in [-0.25, -0.2) is 4.98 Å². The number of nitrogens with zero attached hydrogens (tertiary/aromatic N) is 1. The molecule has 0 unspecified atom stereocenters. The molecule has 0 bridgehead atoms. The number of rotatable bonds is 2. The van der Waals surface area contributed by atoms with Crippen LogP contribution >= 0.6 is 0 Å². The van der Waals surface area contributed by atoms with Crippen molar-refractivity contribution in [2.75, 3.05) is 7.11 Å². The van der Waals surface area contributed by atoms with Gasteiger partial charge in [-0.1, -0.05) is 36.4 Å². The molecule has 0 amide bonds. The van der Waals surface area contributed by atoms with Crippen molar-refractivity contribution >= 4 is 21.9 Å². The molecule has 0 fully saturated rings. The summed E-state index contributed by atoms with van der Waals surface area (Å²) in [7, 11) is 1.68. The van der Waals surface area contributed by atoms with E-state index in [4.69, 9.17) is 9.15 Å². The van der Waals surface area contributed by atoms with Crippen LogP contribution in [0.4, 0.5) is 0 Å². The number of para-hydroxylation sites is 2. The van der Waals surface area contributed by atoms with Gasteiger partial charge in [0.2, 0.25) is 5.89 Å². The molecule has 0 N–H and O–H groups in total. The summed E-state index contributed by atoms with van der Waals surface area (Å²) in [6, 6.07) is 19.8. The third-order valence-corrected chi connectivity index (χ3v) is 3.63. The van der Waals surface area contributed by atoms with E-state index in [2.05, 4.69) is 11.1 Å². The summed E-state index contributed by atoms with van der Waals surface area (Å²) in [4.78, 5) is 4.58. The van der Waals surface area contributed by atoms with E-state index in [1.165, 1.54) is 0 Å². The average Bonchev–Trinajstić information content (AvgIpc) is 2.97. The van der Waals surface area contributed by atoms with Gasteiger partial charge in [0, 0.05) is 10.9 Å². The fourth-order valence-corrected chi connectivity index (χ4v) is 2.62. The smallest absolute Gasteiger partial charge is 0.227 e. The molecule has 0 saturated heterocycles. The summed E-state index contributed by atoms with van der Waals surface area (Å²) in [6.45, 7) is 0. The van der Waals surface area contributed by atoms with Gasteiger partial charge in [-0.15, -0.1) is 0 Å². The molecule has 0 aliphatic rings. The monoisotopic (exact) mass is 275 g/mol. The van der Waals surface area contributed by atoms with E-state index in [0.717, 1.165) is 33.2 Å². The van der Waals surface area contributed by atoms with Crippen LogP contribution in [0.3, 0.4) is 0 Å². The Hall–Kier alpha value is -2.81. The maximum atomic E-state index is 5.88. The van der Waals surface area contributed by atoms with Crippen molar-refractivity contribution in [2.24, 2.45) is 0 Å². The molecule has 3 nitrogen and oxygen atoms in total. The first-order valence-corrected chi connectivity index (χ1v) is 6.78. The molecular weight excluding hydrogens is 262 g/mol. The Labute approximate surface area is 121 Å². The topological polar surface area (TPSA) is 35.3 Å². The molecule has 0 spiro atoms. The molecule has 102 valence electrons. The lowest BCUT2D eigenvalue weighted by Gasteiger charge is -2.08. The van der Waals surface area contributed by atoms with Crippen LogP contribution in [-0.2, 0) is 0 Å². The molecule has 4 rings (SSSR count). The number of hydrogen-bond acceptors (Lipinski definition) is 3. The van der Waals surface area contributed by atoms with Gasteiger partial charge in [-0.05, 0) is 29.7 Å². The second kappa shape index (κ2) is 4.63. The zero-order valence-corrected chi connectivity index (χ0v) is 11.5. The lowest BCUT2D eigenvalue weighted by molar-refractivity contribution is 0.420. The quantitative estimate of drug-likeness (QED) is 0.534. The first-order valence-electron chi connectivity index (χ1n) is 6.78. The molecule has 4 aromatic rings. The van der Waals surface area contributed by atoms with Crippen molar-refractivity contribution in [1.82, 2.24) is 4.98 Å². The van der Waals surface area contributed by atoms with Crippen LogP contribution in [0.15, 0.2) is 65.1 Å². The van der Waals surface area contributed by atoms with Crippen LogP contribution in [0.25, 0.3) is 33.3 Å². The van der Waals surface area contributed by atoms with Crippen LogP contribution in [0.2, 0.25) is 0 Å². The van der Waals surface area contributed by atoms with E-state index in [1.807, 2.05) is 54.6 Å². The van der Waals surface area contributed by atoms with Crippen LogP contribution < -0.4 is 4.74 Å². The largest absolute Gasteiger partial charge is 0.496 e. The van der Waals surface area contributed by atoms with Crippen molar-refractivity contribution < 1.29 is 9.15 Å². The van der Waals surface area contributed by atoms with E-state index in [-0.39, 0.29) is 0 Å². The van der Waals surface area contributed by atoms with Crippen molar-refractivity contribution in [3.05, 3.63) is 60.7 Å². The Morgan fingerprint density at radius 3 is 2.43 bits per heavy atom. The average molecular weight is 275 g/mol. The summed E-state index contributed by atoms with van der Waals surface area (Å²) in [5.41, 5.74) is 2.64. The fraction of sp³-hybridized carbons (Fsp3) is 0.0556. The maximum absolute atomic E-state index is 5.88. The molecule has 1 aromatic heterocycles. The van der Waals surface area contributed by atoms with E-state index in [0.29, 0.717) is 5.89 Å². The minimum absolute atomic E-state index is 0.634. The second-order valence-corrected chi connectivity index (χ2v) is 4.85. The highest BCUT2D eigenvalue weighted by Crippen LogP contribution is 2.35. The van der Waals surface area contributed by atoms with Crippen molar-refractivity contribution in [1.29, 1.82) is 0 Å². The Kier molecular flexibility index (Phi) is 2.64. The zero-order chi connectivity index (χ0) is 14.2. The summed E-state index contributed by atoms with van der Waals surface area (Å²) in [6.07, 6.45) is 0. The van der Waals surface area contributed by atoms with E-state index < -0.39 is 0 Å². The van der Waals surface area contributed by atoms with Crippen molar-refractivity contribution in [3.8, 4) is 17.2 Å². The number of methoxy groups -OCH3 is 1. The molecule has 0 atom stereocenters. The number of fused-ring (bicyclic) bond motifs is 2. The van der Waals surface area contributed by atoms with Gasteiger partial charge in [-0.3, -0.25) is 0 Å². The van der Waals surface area contributed by atoms with Crippen molar-refractivity contribution in [2.45, 2.75) is 0 Å². The molecule has 0 saturated carbocycles. The highest BCUT2D eigenvalue weighted by molar-refractivity contribution is 5.99. The first-order chi connectivity index (χ1) is 10.4. The minimum atomic E-state index is 0.634. The third-order valence-electron chi connectivity index (χ3n) is 3.63. The van der Waals surface area contributed by atoms with Crippen LogP contribution in [0.5, 0.6) is 5.75 Å². The highest BCUT2D eigenvalue weighted by Gasteiger charge is 2.13. The molecule has 3 heteroatoms. The minimum Gasteiger partial charge on any atom is -0.496 e. The molecule has 3 aromatic carbocycles. The molecule has 0 aliphatic heterocycles. The predicted octanol–water partition coefficient (Wildman–Crippen LogP) is 4.66. The highest BCUT2D eigenvalue weighted by atomic mass is 16.5. The number of oxazole rings is 1. The van der Waals surface area contributed by atoms with Gasteiger partial charge in [0.1, 0.15) is 11.3 Å². The molecule has 21 heavy (non-hydrogen) atoms.